The summed E-state index contributed by atoms with van der Waals surface area (Å²) in [5, 5.41) is 0. The van der Waals surface area contributed by atoms with E-state index in [4.69, 9.17) is 9.47 Å². The summed E-state index contributed by atoms with van der Waals surface area (Å²) in [7, 11) is 0. The molecular formula is C21H20O2. The van der Waals surface area contributed by atoms with Crippen molar-refractivity contribution in [3.63, 3.8) is 0 Å². The van der Waals surface area contributed by atoms with Crippen molar-refractivity contribution in [1.29, 1.82) is 0 Å². The number of fused-ring (bicyclic) bond motifs is 2. The molecular weight excluding hydrogens is 284 g/mol. The molecule has 2 heteroatoms. The predicted octanol–water partition coefficient (Wildman–Crippen LogP) is 4.71. The molecule has 2 aromatic rings. The van der Waals surface area contributed by atoms with Crippen LogP contribution >= 0.6 is 0 Å². The van der Waals surface area contributed by atoms with Gasteiger partial charge in [-0.1, -0.05) is 61.2 Å². The standard InChI is InChI=1S/C21H20O2/c1-2-15-8-11-19-17(14-15)10-9-16-6-3-4-7-18(16)20(19)21-22-12-5-13-23-21/h2-4,6-11,14,20-21H,1,5,12-13H2. The van der Waals surface area contributed by atoms with Gasteiger partial charge >= 0.3 is 0 Å². The Balaban J connectivity index is 1.88. The lowest BCUT2D eigenvalue weighted by Gasteiger charge is -2.32. The van der Waals surface area contributed by atoms with Crippen LogP contribution in [0.4, 0.5) is 0 Å². The third-order valence-electron chi connectivity index (χ3n) is 4.58. The molecule has 4 rings (SSSR count). The van der Waals surface area contributed by atoms with Gasteiger partial charge in [0.05, 0.1) is 19.1 Å². The van der Waals surface area contributed by atoms with Gasteiger partial charge in [-0.15, -0.1) is 0 Å². The van der Waals surface area contributed by atoms with Crippen molar-refractivity contribution >= 4 is 18.2 Å². The Morgan fingerprint density at radius 1 is 0.913 bits per heavy atom. The smallest absolute Gasteiger partial charge is 0.168 e. The molecule has 1 saturated heterocycles. The Bertz CT molecular complexity index is 754. The third-order valence-corrected chi connectivity index (χ3v) is 4.58. The zero-order valence-corrected chi connectivity index (χ0v) is 13.1. The van der Waals surface area contributed by atoms with E-state index in [9.17, 15) is 0 Å². The van der Waals surface area contributed by atoms with Gasteiger partial charge in [0.2, 0.25) is 0 Å². The first-order valence-corrected chi connectivity index (χ1v) is 8.13. The molecule has 23 heavy (non-hydrogen) atoms. The SMILES string of the molecule is C=Cc1ccc2c(c1)C=Cc1ccccc1C2C1OCCCO1. The molecule has 0 N–H and O–H groups in total. The first-order valence-electron chi connectivity index (χ1n) is 8.13. The maximum absolute atomic E-state index is 5.97. The molecule has 0 radical (unpaired) electrons. The number of ether oxygens (including phenoxy) is 2. The van der Waals surface area contributed by atoms with Gasteiger partial charge in [0.25, 0.3) is 0 Å². The van der Waals surface area contributed by atoms with E-state index in [0.29, 0.717) is 0 Å². The molecule has 2 nitrogen and oxygen atoms in total. The summed E-state index contributed by atoms with van der Waals surface area (Å²) in [6.45, 7) is 5.40. The molecule has 1 heterocycles. The fourth-order valence-corrected chi connectivity index (χ4v) is 3.43. The van der Waals surface area contributed by atoms with Crippen molar-refractivity contribution in [2.24, 2.45) is 0 Å². The fraction of sp³-hybridized carbons (Fsp3) is 0.238. The van der Waals surface area contributed by atoms with E-state index in [1.165, 1.54) is 22.3 Å². The van der Waals surface area contributed by atoms with Crippen LogP contribution in [-0.2, 0) is 9.47 Å². The van der Waals surface area contributed by atoms with Crippen LogP contribution < -0.4 is 0 Å². The van der Waals surface area contributed by atoms with Gasteiger partial charge in [-0.25, -0.2) is 0 Å². The van der Waals surface area contributed by atoms with E-state index < -0.39 is 0 Å². The lowest BCUT2D eigenvalue weighted by Crippen LogP contribution is -2.32. The van der Waals surface area contributed by atoms with Crippen molar-refractivity contribution in [3.05, 3.63) is 76.9 Å². The molecule has 116 valence electrons. The van der Waals surface area contributed by atoms with Crippen LogP contribution in [0.15, 0.2) is 49.0 Å². The summed E-state index contributed by atoms with van der Waals surface area (Å²) in [4.78, 5) is 0. The molecule has 0 saturated carbocycles. The molecule has 0 spiro atoms. The van der Waals surface area contributed by atoms with Crippen LogP contribution in [0.1, 0.15) is 40.2 Å². The summed E-state index contributed by atoms with van der Waals surface area (Å²) >= 11 is 0. The number of hydrogen-bond acceptors (Lipinski definition) is 2. The van der Waals surface area contributed by atoms with Crippen LogP contribution in [0.25, 0.3) is 18.2 Å². The molecule has 1 aliphatic heterocycles. The average Bonchev–Trinajstić information content (AvgIpc) is 2.78. The third kappa shape index (κ3) is 2.65. The second-order valence-corrected chi connectivity index (χ2v) is 6.00. The summed E-state index contributed by atoms with van der Waals surface area (Å²) in [5.74, 6) is 0.0929. The van der Waals surface area contributed by atoms with Crippen molar-refractivity contribution in [3.8, 4) is 0 Å². The first kappa shape index (κ1) is 14.4. The van der Waals surface area contributed by atoms with E-state index in [-0.39, 0.29) is 12.2 Å². The van der Waals surface area contributed by atoms with Crippen LogP contribution in [0.3, 0.4) is 0 Å². The van der Waals surface area contributed by atoms with E-state index in [0.717, 1.165) is 25.2 Å². The lowest BCUT2D eigenvalue weighted by molar-refractivity contribution is -0.185. The Morgan fingerprint density at radius 3 is 2.48 bits per heavy atom. The van der Waals surface area contributed by atoms with Gasteiger partial charge in [-0.05, 0) is 40.3 Å². The van der Waals surface area contributed by atoms with E-state index >= 15 is 0 Å². The monoisotopic (exact) mass is 304 g/mol. The zero-order chi connectivity index (χ0) is 15.6. The first-order chi connectivity index (χ1) is 11.4. The second kappa shape index (κ2) is 6.15. The van der Waals surface area contributed by atoms with Gasteiger partial charge in [0.15, 0.2) is 6.29 Å². The van der Waals surface area contributed by atoms with Gasteiger partial charge in [0.1, 0.15) is 0 Å². The summed E-state index contributed by atoms with van der Waals surface area (Å²) in [6, 6.07) is 15.0. The van der Waals surface area contributed by atoms with Crippen LogP contribution in [-0.4, -0.2) is 19.5 Å². The molecule has 1 unspecified atom stereocenters. The second-order valence-electron chi connectivity index (χ2n) is 6.00. The maximum Gasteiger partial charge on any atom is 0.168 e. The molecule has 1 fully saturated rings. The predicted molar refractivity (Wildman–Crippen MR) is 94.1 cm³/mol. The van der Waals surface area contributed by atoms with Gasteiger partial charge in [-0.2, -0.15) is 0 Å². The van der Waals surface area contributed by atoms with Crippen LogP contribution in [0.2, 0.25) is 0 Å². The molecule has 2 aromatic carbocycles. The molecule has 1 aliphatic carbocycles. The quantitative estimate of drug-likeness (QED) is 0.800. The molecule has 0 aromatic heterocycles. The highest BCUT2D eigenvalue weighted by atomic mass is 16.7. The highest BCUT2D eigenvalue weighted by molar-refractivity contribution is 5.77. The van der Waals surface area contributed by atoms with Crippen molar-refractivity contribution in [2.45, 2.75) is 18.6 Å². The van der Waals surface area contributed by atoms with E-state index in [1.54, 1.807) is 0 Å². The minimum atomic E-state index is -0.224. The summed E-state index contributed by atoms with van der Waals surface area (Å²) in [6.07, 6.45) is 6.99. The highest BCUT2D eigenvalue weighted by Crippen LogP contribution is 2.39. The Kier molecular flexibility index (Phi) is 3.86. The van der Waals surface area contributed by atoms with Crippen molar-refractivity contribution < 1.29 is 9.47 Å². The normalized spacial score (nSPS) is 20.4. The lowest BCUT2D eigenvalue weighted by atomic mass is 9.86. The minimum absolute atomic E-state index is 0.0929. The number of rotatable bonds is 2. The summed E-state index contributed by atoms with van der Waals surface area (Å²) in [5.41, 5.74) is 6.08. The van der Waals surface area contributed by atoms with Gasteiger partial charge < -0.3 is 9.47 Å². The van der Waals surface area contributed by atoms with Crippen molar-refractivity contribution in [1.82, 2.24) is 0 Å². The number of benzene rings is 2. The minimum Gasteiger partial charge on any atom is -0.352 e. The average molecular weight is 304 g/mol. The van der Waals surface area contributed by atoms with Crippen molar-refractivity contribution in [2.75, 3.05) is 13.2 Å². The van der Waals surface area contributed by atoms with Gasteiger partial charge in [-0.3, -0.25) is 0 Å². The number of hydrogen-bond donors (Lipinski definition) is 0. The van der Waals surface area contributed by atoms with Crippen LogP contribution in [0, 0.1) is 0 Å². The topological polar surface area (TPSA) is 18.5 Å². The fourth-order valence-electron chi connectivity index (χ4n) is 3.43. The molecule has 0 amide bonds. The molecule has 0 bridgehead atoms. The Labute approximate surface area is 137 Å². The maximum atomic E-state index is 5.97. The molecule has 1 atom stereocenters. The Hall–Kier alpha value is -2.16. The van der Waals surface area contributed by atoms with Gasteiger partial charge in [0, 0.05) is 0 Å². The van der Waals surface area contributed by atoms with E-state index in [1.807, 2.05) is 6.08 Å². The van der Waals surface area contributed by atoms with E-state index in [2.05, 4.69) is 61.2 Å². The van der Waals surface area contributed by atoms with Crippen LogP contribution in [0.5, 0.6) is 0 Å². The highest BCUT2D eigenvalue weighted by Gasteiger charge is 2.32. The zero-order valence-electron chi connectivity index (χ0n) is 13.1. The largest absolute Gasteiger partial charge is 0.352 e. The summed E-state index contributed by atoms with van der Waals surface area (Å²) < 4.78 is 11.9. The Morgan fingerprint density at radius 2 is 1.65 bits per heavy atom. The molecule has 2 aliphatic rings.